The quantitative estimate of drug-likeness (QED) is 0.676. The molecule has 2 atom stereocenters. The van der Waals surface area contributed by atoms with E-state index in [2.05, 4.69) is 0 Å². The van der Waals surface area contributed by atoms with Gasteiger partial charge in [-0.25, -0.2) is 4.79 Å². The normalized spacial score (nSPS) is 13.6. The van der Waals surface area contributed by atoms with Crippen molar-refractivity contribution in [3.63, 3.8) is 0 Å². The number of anilines is 1. The summed E-state index contributed by atoms with van der Waals surface area (Å²) >= 11 is 6.03. The van der Waals surface area contributed by atoms with Crippen LogP contribution in [0.25, 0.3) is 0 Å². The van der Waals surface area contributed by atoms with Crippen LogP contribution in [0.15, 0.2) is 48.5 Å². The van der Waals surface area contributed by atoms with Gasteiger partial charge in [-0.3, -0.25) is 0 Å². The third-order valence-electron chi connectivity index (χ3n) is 4.27. The first-order valence-electron chi connectivity index (χ1n) is 9.33. The number of nitrogen functional groups attached to an aromatic ring is 1. The Morgan fingerprint density at radius 2 is 1.86 bits per heavy atom. The molecule has 0 aliphatic rings. The highest BCUT2D eigenvalue weighted by Gasteiger charge is 2.28. The number of hydrogen-bond acceptors (Lipinski definition) is 4. The molecule has 28 heavy (non-hydrogen) atoms. The van der Waals surface area contributed by atoms with Crippen LogP contribution in [-0.4, -0.2) is 34.3 Å². The average molecular weight is 405 g/mol. The van der Waals surface area contributed by atoms with Gasteiger partial charge in [0.1, 0.15) is 5.60 Å². The molecule has 2 aromatic carbocycles. The summed E-state index contributed by atoms with van der Waals surface area (Å²) in [7, 11) is 0. The smallest absolute Gasteiger partial charge is 0.410 e. The fraction of sp³-hybridized carbons (Fsp3) is 0.409. The molecule has 3 N–H and O–H groups in total. The van der Waals surface area contributed by atoms with Crippen LogP contribution < -0.4 is 5.73 Å². The van der Waals surface area contributed by atoms with E-state index in [4.69, 9.17) is 22.1 Å². The molecule has 0 saturated carbocycles. The standard InChI is InChI=1S/C22H29ClN2O3/c1-15(12-16-8-10-19(24)11-9-16)25(21(27)28-22(2,3)4)14-20(26)17-6-5-7-18(23)13-17/h5-11,13,15,20,26H,12,14,24H2,1-4H3/t15?,20-/m1/s1. The summed E-state index contributed by atoms with van der Waals surface area (Å²) in [5.41, 5.74) is 7.51. The Morgan fingerprint density at radius 1 is 1.21 bits per heavy atom. The van der Waals surface area contributed by atoms with E-state index < -0.39 is 17.8 Å². The number of nitrogens with two attached hydrogens (primary N) is 1. The number of rotatable bonds is 6. The Kier molecular flexibility index (Phi) is 7.33. The highest BCUT2D eigenvalue weighted by Crippen LogP contribution is 2.22. The molecule has 0 aliphatic heterocycles. The van der Waals surface area contributed by atoms with Crippen molar-refractivity contribution in [2.75, 3.05) is 12.3 Å². The lowest BCUT2D eigenvalue weighted by molar-refractivity contribution is 0.00548. The van der Waals surface area contributed by atoms with Gasteiger partial charge in [0.25, 0.3) is 0 Å². The molecule has 0 fully saturated rings. The predicted molar refractivity (Wildman–Crippen MR) is 113 cm³/mol. The molecule has 0 aromatic heterocycles. The number of amides is 1. The minimum Gasteiger partial charge on any atom is -0.444 e. The van der Waals surface area contributed by atoms with Crippen LogP contribution in [0.3, 0.4) is 0 Å². The zero-order valence-electron chi connectivity index (χ0n) is 16.9. The Balaban J connectivity index is 2.20. The van der Waals surface area contributed by atoms with Crippen molar-refractivity contribution in [3.05, 3.63) is 64.7 Å². The van der Waals surface area contributed by atoms with E-state index in [0.717, 1.165) is 5.56 Å². The zero-order valence-corrected chi connectivity index (χ0v) is 17.6. The summed E-state index contributed by atoms with van der Waals surface area (Å²) in [6.45, 7) is 7.50. The number of benzene rings is 2. The summed E-state index contributed by atoms with van der Waals surface area (Å²) in [4.78, 5) is 14.4. The number of nitrogens with zero attached hydrogens (tertiary/aromatic N) is 1. The molecule has 0 bridgehead atoms. The van der Waals surface area contributed by atoms with E-state index in [-0.39, 0.29) is 12.6 Å². The fourth-order valence-corrected chi connectivity index (χ4v) is 3.06. The van der Waals surface area contributed by atoms with Crippen molar-refractivity contribution in [2.24, 2.45) is 0 Å². The molecule has 2 rings (SSSR count). The van der Waals surface area contributed by atoms with Crippen LogP contribution in [0.4, 0.5) is 10.5 Å². The molecular weight excluding hydrogens is 376 g/mol. The fourth-order valence-electron chi connectivity index (χ4n) is 2.87. The van der Waals surface area contributed by atoms with Gasteiger partial charge < -0.3 is 20.5 Å². The van der Waals surface area contributed by atoms with Gasteiger partial charge in [0.2, 0.25) is 0 Å². The van der Waals surface area contributed by atoms with Crippen molar-refractivity contribution >= 4 is 23.4 Å². The van der Waals surface area contributed by atoms with Crippen LogP contribution in [0.5, 0.6) is 0 Å². The number of aliphatic hydroxyl groups excluding tert-OH is 1. The number of carbonyl (C=O) groups is 1. The number of hydrogen-bond donors (Lipinski definition) is 2. The topological polar surface area (TPSA) is 75.8 Å². The van der Waals surface area contributed by atoms with Crippen molar-refractivity contribution in [2.45, 2.75) is 51.9 Å². The molecule has 5 nitrogen and oxygen atoms in total. The largest absolute Gasteiger partial charge is 0.444 e. The van der Waals surface area contributed by atoms with Gasteiger partial charge >= 0.3 is 6.09 Å². The van der Waals surface area contributed by atoms with Gasteiger partial charge in [-0.15, -0.1) is 0 Å². The number of aliphatic hydroxyl groups is 1. The van der Waals surface area contributed by atoms with Gasteiger partial charge in [0.05, 0.1) is 12.6 Å². The molecule has 0 radical (unpaired) electrons. The maximum absolute atomic E-state index is 12.8. The molecule has 152 valence electrons. The molecule has 0 heterocycles. The summed E-state index contributed by atoms with van der Waals surface area (Å²) in [5, 5.41) is 11.2. The molecular formula is C22H29ClN2O3. The lowest BCUT2D eigenvalue weighted by Gasteiger charge is -2.33. The van der Waals surface area contributed by atoms with E-state index in [9.17, 15) is 9.90 Å². The third kappa shape index (κ3) is 6.73. The highest BCUT2D eigenvalue weighted by atomic mass is 35.5. The monoisotopic (exact) mass is 404 g/mol. The number of carbonyl (C=O) groups excluding carboxylic acids is 1. The minimum atomic E-state index is -0.875. The van der Waals surface area contributed by atoms with Gasteiger partial charge in [0.15, 0.2) is 0 Å². The first-order chi connectivity index (χ1) is 13.0. The molecule has 6 heteroatoms. The second kappa shape index (κ2) is 9.30. The van der Waals surface area contributed by atoms with Gasteiger partial charge in [-0.1, -0.05) is 35.9 Å². The summed E-state index contributed by atoms with van der Waals surface area (Å²) in [5.74, 6) is 0. The van der Waals surface area contributed by atoms with Crippen molar-refractivity contribution in [1.82, 2.24) is 4.90 Å². The van der Waals surface area contributed by atoms with Gasteiger partial charge in [-0.2, -0.15) is 0 Å². The summed E-state index contributed by atoms with van der Waals surface area (Å²) < 4.78 is 5.57. The van der Waals surface area contributed by atoms with E-state index in [1.54, 1.807) is 29.2 Å². The SMILES string of the molecule is CC(Cc1ccc(N)cc1)N(C[C@@H](O)c1cccc(Cl)c1)C(=O)OC(C)(C)C. The maximum atomic E-state index is 12.8. The molecule has 2 aromatic rings. The molecule has 0 saturated heterocycles. The van der Waals surface area contributed by atoms with E-state index >= 15 is 0 Å². The Hall–Kier alpha value is -2.24. The predicted octanol–water partition coefficient (Wildman–Crippen LogP) is 4.82. The Labute approximate surface area is 172 Å². The van der Waals surface area contributed by atoms with Crippen LogP contribution >= 0.6 is 11.6 Å². The maximum Gasteiger partial charge on any atom is 0.410 e. The lowest BCUT2D eigenvalue weighted by Crippen LogP contribution is -2.45. The average Bonchev–Trinajstić information content (AvgIpc) is 2.59. The van der Waals surface area contributed by atoms with Gasteiger partial charge in [-0.05, 0) is 69.5 Å². The Bertz CT molecular complexity index is 787. The second-order valence-corrected chi connectivity index (χ2v) is 8.43. The number of halogens is 1. The first kappa shape index (κ1) is 22.1. The van der Waals surface area contributed by atoms with Crippen molar-refractivity contribution in [1.29, 1.82) is 0 Å². The van der Waals surface area contributed by atoms with Crippen LogP contribution in [-0.2, 0) is 11.2 Å². The molecule has 1 amide bonds. The zero-order chi connectivity index (χ0) is 20.9. The summed E-state index contributed by atoms with van der Waals surface area (Å²) in [6, 6.07) is 14.4. The lowest BCUT2D eigenvalue weighted by atomic mass is 10.0. The summed E-state index contributed by atoms with van der Waals surface area (Å²) in [6.07, 6.45) is -0.724. The van der Waals surface area contributed by atoms with Crippen molar-refractivity contribution in [3.8, 4) is 0 Å². The highest BCUT2D eigenvalue weighted by molar-refractivity contribution is 6.30. The van der Waals surface area contributed by atoms with Crippen LogP contribution in [0, 0.1) is 0 Å². The van der Waals surface area contributed by atoms with E-state index in [1.165, 1.54) is 0 Å². The molecule has 1 unspecified atom stereocenters. The molecule has 0 aliphatic carbocycles. The minimum absolute atomic E-state index is 0.103. The molecule has 0 spiro atoms. The number of ether oxygens (including phenoxy) is 1. The van der Waals surface area contributed by atoms with Crippen LogP contribution in [0.2, 0.25) is 5.02 Å². The second-order valence-electron chi connectivity index (χ2n) is 8.00. The van der Waals surface area contributed by atoms with E-state index in [0.29, 0.717) is 22.7 Å². The van der Waals surface area contributed by atoms with Crippen molar-refractivity contribution < 1.29 is 14.6 Å². The third-order valence-corrected chi connectivity index (χ3v) is 4.51. The van der Waals surface area contributed by atoms with E-state index in [1.807, 2.05) is 52.0 Å². The first-order valence-corrected chi connectivity index (χ1v) is 9.70. The van der Waals surface area contributed by atoms with Crippen LogP contribution in [0.1, 0.15) is 44.9 Å². The Morgan fingerprint density at radius 3 is 2.43 bits per heavy atom. The van der Waals surface area contributed by atoms with Gasteiger partial charge in [0, 0.05) is 16.8 Å².